The summed E-state index contributed by atoms with van der Waals surface area (Å²) in [6.07, 6.45) is 0. The van der Waals surface area contributed by atoms with E-state index in [0.717, 1.165) is 22.7 Å². The van der Waals surface area contributed by atoms with Crippen LogP contribution in [0.15, 0.2) is 48.5 Å². The van der Waals surface area contributed by atoms with Crippen LogP contribution in [0.3, 0.4) is 0 Å². The average molecular weight is 281 g/mol. The second-order valence-electron chi connectivity index (χ2n) is 4.92. The Balaban J connectivity index is 2.13. The normalized spacial score (nSPS) is 11.3. The molecule has 0 aliphatic carbocycles. The molecule has 1 N–H and O–H groups in total. The third kappa shape index (κ3) is 3.67. The molecule has 2 rings (SSSR count). The van der Waals surface area contributed by atoms with Crippen LogP contribution < -0.4 is 15.0 Å². The van der Waals surface area contributed by atoms with E-state index in [1.807, 2.05) is 67.5 Å². The summed E-state index contributed by atoms with van der Waals surface area (Å²) in [5.74, 6) is 0.796. The highest BCUT2D eigenvalue weighted by Crippen LogP contribution is 2.23. The molecule has 0 fully saturated rings. The van der Waals surface area contributed by atoms with Crippen LogP contribution in [0.5, 0.6) is 5.75 Å². The maximum atomic E-state index is 9.37. The summed E-state index contributed by atoms with van der Waals surface area (Å²) in [6, 6.07) is 17.4. The Morgan fingerprint density at radius 1 is 1.05 bits per heavy atom. The first-order valence-electron chi connectivity index (χ1n) is 6.71. The lowest BCUT2D eigenvalue weighted by Crippen LogP contribution is -2.10. The van der Waals surface area contributed by atoms with E-state index < -0.39 is 0 Å². The zero-order valence-corrected chi connectivity index (χ0v) is 12.5. The van der Waals surface area contributed by atoms with Crippen molar-refractivity contribution in [3.8, 4) is 11.8 Å². The maximum Gasteiger partial charge on any atom is 0.140 e. The molecule has 0 saturated heterocycles. The molecule has 2 aromatic carbocycles. The Bertz CT molecular complexity index is 612. The van der Waals surface area contributed by atoms with E-state index in [-0.39, 0.29) is 6.04 Å². The number of hydrogen-bond acceptors (Lipinski definition) is 4. The Kier molecular flexibility index (Phi) is 4.68. The number of rotatable bonds is 5. The topological polar surface area (TPSA) is 48.3 Å². The van der Waals surface area contributed by atoms with Crippen molar-refractivity contribution in [1.82, 2.24) is 0 Å². The second-order valence-corrected chi connectivity index (χ2v) is 4.92. The van der Waals surface area contributed by atoms with Gasteiger partial charge in [-0.3, -0.25) is 0 Å². The van der Waals surface area contributed by atoms with Gasteiger partial charge in [-0.2, -0.15) is 5.26 Å². The summed E-state index contributed by atoms with van der Waals surface area (Å²) >= 11 is 0. The number of benzene rings is 2. The average Bonchev–Trinajstić information content (AvgIpc) is 2.53. The lowest BCUT2D eigenvalue weighted by Gasteiger charge is -2.16. The molecule has 4 heteroatoms. The Morgan fingerprint density at radius 2 is 1.67 bits per heavy atom. The van der Waals surface area contributed by atoms with E-state index in [9.17, 15) is 5.26 Å². The van der Waals surface area contributed by atoms with Crippen molar-refractivity contribution in [2.45, 2.75) is 6.04 Å². The molecule has 0 amide bonds. The monoisotopic (exact) mass is 281 g/mol. The smallest absolute Gasteiger partial charge is 0.140 e. The predicted octanol–water partition coefficient (Wildman–Crippen LogP) is 3.44. The van der Waals surface area contributed by atoms with Gasteiger partial charge in [0.25, 0.3) is 0 Å². The fourth-order valence-electron chi connectivity index (χ4n) is 2.01. The minimum atomic E-state index is -0.380. The Hall–Kier alpha value is -2.67. The summed E-state index contributed by atoms with van der Waals surface area (Å²) in [5, 5.41) is 12.6. The molecule has 0 aliphatic heterocycles. The molecule has 108 valence electrons. The van der Waals surface area contributed by atoms with Gasteiger partial charge in [0.05, 0.1) is 13.2 Å². The minimum Gasteiger partial charge on any atom is -0.497 e. The molecule has 1 atom stereocenters. The first-order chi connectivity index (χ1) is 10.1. The first kappa shape index (κ1) is 14.7. The first-order valence-corrected chi connectivity index (χ1v) is 6.71. The number of hydrogen-bond donors (Lipinski definition) is 1. The molecule has 4 nitrogen and oxygen atoms in total. The number of anilines is 2. The molecule has 0 saturated carbocycles. The van der Waals surface area contributed by atoms with Crippen LogP contribution in [0.2, 0.25) is 0 Å². The molecular formula is C17H19N3O. The van der Waals surface area contributed by atoms with Gasteiger partial charge in [-0.1, -0.05) is 12.1 Å². The van der Waals surface area contributed by atoms with E-state index in [4.69, 9.17) is 4.74 Å². The summed E-state index contributed by atoms with van der Waals surface area (Å²) in [5.41, 5.74) is 2.94. The molecule has 1 unspecified atom stereocenters. The largest absolute Gasteiger partial charge is 0.497 e. The highest BCUT2D eigenvalue weighted by molar-refractivity contribution is 5.52. The van der Waals surface area contributed by atoms with Crippen molar-refractivity contribution in [1.29, 1.82) is 5.26 Å². The van der Waals surface area contributed by atoms with Crippen LogP contribution in [0, 0.1) is 11.3 Å². The van der Waals surface area contributed by atoms with Crippen molar-refractivity contribution in [2.75, 3.05) is 31.4 Å². The summed E-state index contributed by atoms with van der Waals surface area (Å²) in [6.45, 7) is 0. The quantitative estimate of drug-likeness (QED) is 0.912. The molecule has 0 heterocycles. The molecule has 21 heavy (non-hydrogen) atoms. The van der Waals surface area contributed by atoms with Crippen LogP contribution in [0.25, 0.3) is 0 Å². The van der Waals surface area contributed by atoms with Gasteiger partial charge in [0.15, 0.2) is 0 Å². The molecular weight excluding hydrogens is 262 g/mol. The lowest BCUT2D eigenvalue weighted by atomic mass is 10.1. The SMILES string of the molecule is COc1ccc(NC(C#N)c2ccc(N(C)C)cc2)cc1. The number of ether oxygens (including phenoxy) is 1. The van der Waals surface area contributed by atoms with Gasteiger partial charge >= 0.3 is 0 Å². The zero-order valence-electron chi connectivity index (χ0n) is 12.5. The van der Waals surface area contributed by atoms with Gasteiger partial charge < -0.3 is 15.0 Å². The van der Waals surface area contributed by atoms with E-state index in [0.29, 0.717) is 0 Å². The maximum absolute atomic E-state index is 9.37. The van der Waals surface area contributed by atoms with Crippen molar-refractivity contribution < 1.29 is 4.74 Å². The van der Waals surface area contributed by atoms with Crippen molar-refractivity contribution in [3.05, 3.63) is 54.1 Å². The van der Waals surface area contributed by atoms with Gasteiger partial charge in [0, 0.05) is 25.5 Å². The van der Waals surface area contributed by atoms with E-state index in [1.165, 1.54) is 0 Å². The zero-order chi connectivity index (χ0) is 15.2. The van der Waals surface area contributed by atoms with Crippen molar-refractivity contribution >= 4 is 11.4 Å². The van der Waals surface area contributed by atoms with Crippen LogP contribution in [0.1, 0.15) is 11.6 Å². The fraction of sp³-hybridized carbons (Fsp3) is 0.235. The third-order valence-corrected chi connectivity index (χ3v) is 3.27. The fourth-order valence-corrected chi connectivity index (χ4v) is 2.01. The number of methoxy groups -OCH3 is 1. The molecule has 0 radical (unpaired) electrons. The van der Waals surface area contributed by atoms with Gasteiger partial charge in [-0.25, -0.2) is 0 Å². The van der Waals surface area contributed by atoms with Gasteiger partial charge in [0.1, 0.15) is 11.8 Å². The van der Waals surface area contributed by atoms with Crippen LogP contribution >= 0.6 is 0 Å². The van der Waals surface area contributed by atoms with Gasteiger partial charge in [0.2, 0.25) is 0 Å². The predicted molar refractivity (Wildman–Crippen MR) is 85.7 cm³/mol. The second kappa shape index (κ2) is 6.67. The lowest BCUT2D eigenvalue weighted by molar-refractivity contribution is 0.415. The Morgan fingerprint density at radius 3 is 2.14 bits per heavy atom. The molecule has 0 spiro atoms. The number of nitrogens with zero attached hydrogens (tertiary/aromatic N) is 2. The third-order valence-electron chi connectivity index (χ3n) is 3.27. The van der Waals surface area contributed by atoms with Crippen LogP contribution in [0.4, 0.5) is 11.4 Å². The highest BCUT2D eigenvalue weighted by Gasteiger charge is 2.10. The highest BCUT2D eigenvalue weighted by atomic mass is 16.5. The number of nitriles is 1. The number of nitrogens with one attached hydrogen (secondary N) is 1. The van der Waals surface area contributed by atoms with Crippen LogP contribution in [-0.4, -0.2) is 21.2 Å². The standard InChI is InChI=1S/C17H19N3O/c1-20(2)15-8-4-13(5-9-15)17(12-18)19-14-6-10-16(21-3)11-7-14/h4-11,17,19H,1-3H3. The van der Waals surface area contributed by atoms with Gasteiger partial charge in [-0.15, -0.1) is 0 Å². The van der Waals surface area contributed by atoms with Crippen molar-refractivity contribution in [2.24, 2.45) is 0 Å². The molecule has 0 aliphatic rings. The van der Waals surface area contributed by atoms with Gasteiger partial charge in [-0.05, 0) is 42.0 Å². The Labute approximate surface area is 125 Å². The van der Waals surface area contributed by atoms with Crippen LogP contribution in [-0.2, 0) is 0 Å². The summed E-state index contributed by atoms with van der Waals surface area (Å²) in [4.78, 5) is 2.03. The summed E-state index contributed by atoms with van der Waals surface area (Å²) < 4.78 is 5.12. The minimum absolute atomic E-state index is 0.380. The van der Waals surface area contributed by atoms with E-state index >= 15 is 0 Å². The van der Waals surface area contributed by atoms with E-state index in [1.54, 1.807) is 7.11 Å². The molecule has 0 bridgehead atoms. The van der Waals surface area contributed by atoms with Crippen molar-refractivity contribution in [3.63, 3.8) is 0 Å². The summed E-state index contributed by atoms with van der Waals surface area (Å²) in [7, 11) is 5.62. The van der Waals surface area contributed by atoms with E-state index in [2.05, 4.69) is 11.4 Å². The molecule has 0 aromatic heterocycles. The molecule has 2 aromatic rings.